The molecule has 0 N–H and O–H groups in total. The number of rotatable bonds is 4. The van der Waals surface area contributed by atoms with E-state index in [1.807, 2.05) is 40.5 Å². The molecule has 1 aliphatic heterocycles. The Kier molecular flexibility index (Phi) is 6.47. The molecule has 3 aromatic rings. The van der Waals surface area contributed by atoms with Gasteiger partial charge in [0, 0.05) is 47.5 Å². The highest BCUT2D eigenvalue weighted by Crippen LogP contribution is 2.39. The zero-order chi connectivity index (χ0) is 22.1. The molecule has 2 aliphatic rings. The lowest BCUT2D eigenvalue weighted by atomic mass is 10.1. The van der Waals surface area contributed by atoms with E-state index < -0.39 is 0 Å². The van der Waals surface area contributed by atoms with Crippen LogP contribution >= 0.6 is 27.3 Å². The third kappa shape index (κ3) is 4.29. The molecule has 0 radical (unpaired) electrons. The van der Waals surface area contributed by atoms with Crippen LogP contribution in [0.2, 0.25) is 0 Å². The Balaban J connectivity index is 1.42. The minimum absolute atomic E-state index is 0.112. The topological polar surface area (TPSA) is 49.3 Å². The molecule has 0 atom stereocenters. The molecule has 1 aromatic carbocycles. The molecule has 1 saturated heterocycles. The number of piperazine rings is 1. The molecule has 1 fully saturated rings. The summed E-state index contributed by atoms with van der Waals surface area (Å²) in [5.74, 6) is 2.18. The summed E-state index contributed by atoms with van der Waals surface area (Å²) in [7, 11) is 0. The summed E-state index contributed by atoms with van der Waals surface area (Å²) in [6.07, 6.45) is 8.11. The highest BCUT2D eigenvalue weighted by Gasteiger charge is 2.27. The molecular formula is C25H29BrN4OS. The number of aryl methyl sites for hydroxylation is 3. The van der Waals surface area contributed by atoms with Crippen LogP contribution < -0.4 is 4.90 Å². The molecule has 3 heterocycles. The first-order chi connectivity index (χ1) is 15.6. The molecule has 32 heavy (non-hydrogen) atoms. The summed E-state index contributed by atoms with van der Waals surface area (Å²) in [6, 6.07) is 7.64. The van der Waals surface area contributed by atoms with Crippen LogP contribution in [0.4, 0.5) is 5.82 Å². The largest absolute Gasteiger partial charge is 0.352 e. The Morgan fingerprint density at radius 3 is 2.53 bits per heavy atom. The van der Waals surface area contributed by atoms with Crippen molar-refractivity contribution in [2.24, 2.45) is 0 Å². The number of anilines is 1. The number of fused-ring (bicyclic) bond motifs is 3. The van der Waals surface area contributed by atoms with Gasteiger partial charge < -0.3 is 9.80 Å². The van der Waals surface area contributed by atoms with Gasteiger partial charge in [-0.15, -0.1) is 11.3 Å². The summed E-state index contributed by atoms with van der Waals surface area (Å²) in [5.41, 5.74) is 2.24. The lowest BCUT2D eigenvalue weighted by Crippen LogP contribution is -2.49. The summed E-state index contributed by atoms with van der Waals surface area (Å²) in [6.45, 7) is 5.24. The third-order valence-corrected chi connectivity index (χ3v) is 8.24. The Morgan fingerprint density at radius 2 is 1.78 bits per heavy atom. The van der Waals surface area contributed by atoms with Crippen LogP contribution in [-0.4, -0.2) is 47.0 Å². The molecule has 7 heteroatoms. The normalized spacial score (nSPS) is 16.8. The molecule has 168 valence electrons. The van der Waals surface area contributed by atoms with E-state index >= 15 is 0 Å². The molecule has 5 rings (SSSR count). The summed E-state index contributed by atoms with van der Waals surface area (Å²) in [4.78, 5) is 30.0. The third-order valence-electron chi connectivity index (χ3n) is 6.52. The maximum atomic E-state index is 13.0. The number of carbonyl (C=O) groups excluding carboxylic acids is 1. The zero-order valence-electron chi connectivity index (χ0n) is 18.6. The van der Waals surface area contributed by atoms with Gasteiger partial charge in [0.1, 0.15) is 16.5 Å². The fourth-order valence-electron chi connectivity index (χ4n) is 4.82. The highest BCUT2D eigenvalue weighted by molar-refractivity contribution is 9.10. The number of aromatic nitrogens is 2. The van der Waals surface area contributed by atoms with Crippen LogP contribution in [-0.2, 0) is 19.3 Å². The van der Waals surface area contributed by atoms with Crippen molar-refractivity contribution in [1.29, 1.82) is 0 Å². The smallest absolute Gasteiger partial charge is 0.253 e. The van der Waals surface area contributed by atoms with Gasteiger partial charge in [0.05, 0.1) is 5.39 Å². The van der Waals surface area contributed by atoms with Crippen molar-refractivity contribution in [2.45, 2.75) is 51.9 Å². The molecule has 0 bridgehead atoms. The van der Waals surface area contributed by atoms with Gasteiger partial charge >= 0.3 is 0 Å². The van der Waals surface area contributed by atoms with E-state index in [9.17, 15) is 4.79 Å². The van der Waals surface area contributed by atoms with Crippen molar-refractivity contribution >= 4 is 49.2 Å². The lowest BCUT2D eigenvalue weighted by molar-refractivity contribution is 0.0746. The van der Waals surface area contributed by atoms with Crippen LogP contribution in [0.1, 0.15) is 59.2 Å². The van der Waals surface area contributed by atoms with E-state index in [-0.39, 0.29) is 5.91 Å². The van der Waals surface area contributed by atoms with Gasteiger partial charge in [0.25, 0.3) is 5.91 Å². The van der Waals surface area contributed by atoms with Gasteiger partial charge in [0.2, 0.25) is 0 Å². The van der Waals surface area contributed by atoms with Crippen molar-refractivity contribution in [3.05, 3.63) is 50.6 Å². The number of hydrogen-bond acceptors (Lipinski definition) is 5. The van der Waals surface area contributed by atoms with Crippen molar-refractivity contribution < 1.29 is 4.79 Å². The number of hydrogen-bond donors (Lipinski definition) is 0. The van der Waals surface area contributed by atoms with E-state index in [0.29, 0.717) is 0 Å². The molecule has 5 nitrogen and oxygen atoms in total. The van der Waals surface area contributed by atoms with E-state index in [2.05, 4.69) is 27.8 Å². The number of halogens is 1. The second-order valence-corrected chi connectivity index (χ2v) is 10.7. The first kappa shape index (κ1) is 21.8. The molecule has 2 aromatic heterocycles. The van der Waals surface area contributed by atoms with Crippen LogP contribution in [0.15, 0.2) is 28.7 Å². The van der Waals surface area contributed by atoms with Crippen molar-refractivity contribution in [2.75, 3.05) is 31.1 Å². The number of benzene rings is 1. The maximum Gasteiger partial charge on any atom is 0.253 e. The van der Waals surface area contributed by atoms with Gasteiger partial charge in [-0.3, -0.25) is 4.79 Å². The van der Waals surface area contributed by atoms with E-state index in [4.69, 9.17) is 9.97 Å². The Morgan fingerprint density at radius 1 is 1.03 bits per heavy atom. The average Bonchev–Trinajstić information content (AvgIpc) is 2.99. The molecule has 0 saturated carbocycles. The number of carbonyl (C=O) groups is 1. The number of thiophene rings is 1. The van der Waals surface area contributed by atoms with Gasteiger partial charge in [-0.05, 0) is 61.9 Å². The van der Waals surface area contributed by atoms with Crippen molar-refractivity contribution in [3.8, 4) is 0 Å². The molecule has 1 aliphatic carbocycles. The minimum atomic E-state index is 0.112. The Hall–Kier alpha value is -1.99. The lowest BCUT2D eigenvalue weighted by Gasteiger charge is -2.36. The number of nitrogens with zero attached hydrogens (tertiary/aromatic N) is 4. The van der Waals surface area contributed by atoms with Gasteiger partial charge in [-0.2, -0.15) is 0 Å². The number of amides is 1. The van der Waals surface area contributed by atoms with E-state index in [1.54, 1.807) is 0 Å². The summed E-state index contributed by atoms with van der Waals surface area (Å²) >= 11 is 5.33. The van der Waals surface area contributed by atoms with E-state index in [1.165, 1.54) is 46.3 Å². The minimum Gasteiger partial charge on any atom is -0.352 e. The van der Waals surface area contributed by atoms with Gasteiger partial charge in [0.15, 0.2) is 0 Å². The quantitative estimate of drug-likeness (QED) is 0.424. The fraction of sp³-hybridized carbons (Fsp3) is 0.480. The maximum absolute atomic E-state index is 13.0. The van der Waals surface area contributed by atoms with Crippen molar-refractivity contribution in [3.63, 3.8) is 0 Å². The molecule has 1 amide bonds. The predicted molar refractivity (Wildman–Crippen MR) is 135 cm³/mol. The van der Waals surface area contributed by atoms with E-state index in [0.717, 1.165) is 67.1 Å². The summed E-state index contributed by atoms with van der Waals surface area (Å²) < 4.78 is 0.990. The average molecular weight is 514 g/mol. The Bertz CT molecular complexity index is 1120. The zero-order valence-corrected chi connectivity index (χ0v) is 21.0. The highest BCUT2D eigenvalue weighted by atomic mass is 79.9. The van der Waals surface area contributed by atoms with Crippen LogP contribution in [0.3, 0.4) is 0 Å². The van der Waals surface area contributed by atoms with Crippen LogP contribution in [0, 0.1) is 0 Å². The van der Waals surface area contributed by atoms with Crippen LogP contribution in [0.25, 0.3) is 10.2 Å². The first-order valence-corrected chi connectivity index (χ1v) is 13.4. The second kappa shape index (κ2) is 9.48. The molecule has 0 spiro atoms. The molecule has 0 unspecified atom stereocenters. The van der Waals surface area contributed by atoms with Crippen molar-refractivity contribution in [1.82, 2.24) is 14.9 Å². The monoisotopic (exact) mass is 512 g/mol. The van der Waals surface area contributed by atoms with Gasteiger partial charge in [-0.1, -0.05) is 29.3 Å². The second-order valence-electron chi connectivity index (χ2n) is 8.74. The fourth-order valence-corrected chi connectivity index (χ4v) is 6.36. The Labute approximate surface area is 202 Å². The predicted octanol–water partition coefficient (Wildman–Crippen LogP) is 5.64. The summed E-state index contributed by atoms with van der Waals surface area (Å²) in [5, 5.41) is 1.29. The molecular weight excluding hydrogens is 484 g/mol. The standard InChI is InChI=1S/C25H29BrN4OS/c1-2-6-21-27-23(22-19-7-4-3-5-8-20(19)32-24(22)28-21)29-13-15-30(16-14-29)25(31)17-9-11-18(26)12-10-17/h9-12H,2-8,13-16H2,1H3. The SMILES string of the molecule is CCCc1nc(N2CCN(C(=O)c3ccc(Br)cc3)CC2)c2c3c(sc2n1)CCCCC3. The first-order valence-electron chi connectivity index (χ1n) is 11.7. The van der Waals surface area contributed by atoms with Gasteiger partial charge in [-0.25, -0.2) is 9.97 Å². The van der Waals surface area contributed by atoms with Crippen LogP contribution in [0.5, 0.6) is 0 Å².